The van der Waals surface area contributed by atoms with Gasteiger partial charge < -0.3 is 4.90 Å². The number of benzene rings is 1. The minimum atomic E-state index is -3.49. The van der Waals surface area contributed by atoms with Gasteiger partial charge in [0.05, 0.1) is 4.90 Å². The second-order valence-electron chi connectivity index (χ2n) is 5.91. The number of carbonyl (C=O) groups excluding carboxylic acids is 1. The zero-order valence-electron chi connectivity index (χ0n) is 12.9. The van der Waals surface area contributed by atoms with Crippen LogP contribution in [0.2, 0.25) is 0 Å². The van der Waals surface area contributed by atoms with Gasteiger partial charge in [-0.15, -0.1) is 0 Å². The van der Waals surface area contributed by atoms with E-state index in [1.54, 1.807) is 12.1 Å². The Kier molecular flexibility index (Phi) is 4.51. The van der Waals surface area contributed by atoms with Gasteiger partial charge in [-0.2, -0.15) is 4.31 Å². The van der Waals surface area contributed by atoms with Crippen LogP contribution in [-0.4, -0.2) is 56.6 Å². The van der Waals surface area contributed by atoms with Crippen LogP contribution in [0.3, 0.4) is 0 Å². The lowest BCUT2D eigenvalue weighted by Gasteiger charge is -2.22. The molecule has 21 heavy (non-hydrogen) atoms. The molecule has 116 valence electrons. The molecule has 0 aliphatic carbocycles. The van der Waals surface area contributed by atoms with Crippen molar-refractivity contribution in [1.82, 2.24) is 9.21 Å². The van der Waals surface area contributed by atoms with Crippen LogP contribution >= 0.6 is 0 Å². The fraction of sp³-hybridized carbons (Fsp3) is 0.533. The molecule has 0 bridgehead atoms. The van der Waals surface area contributed by atoms with E-state index >= 15 is 0 Å². The van der Waals surface area contributed by atoms with Gasteiger partial charge >= 0.3 is 0 Å². The molecular weight excluding hydrogens is 288 g/mol. The van der Waals surface area contributed by atoms with Crippen molar-refractivity contribution < 1.29 is 13.2 Å². The number of ketones is 1. The zero-order chi connectivity index (χ0) is 15.8. The average molecular weight is 310 g/mol. The molecule has 1 heterocycles. The third kappa shape index (κ3) is 3.17. The highest BCUT2D eigenvalue weighted by Crippen LogP contribution is 2.26. The highest BCUT2D eigenvalue weighted by molar-refractivity contribution is 7.89. The van der Waals surface area contributed by atoms with Crippen LogP contribution in [0, 0.1) is 5.92 Å². The van der Waals surface area contributed by atoms with Gasteiger partial charge in [-0.25, -0.2) is 8.42 Å². The van der Waals surface area contributed by atoms with Crippen molar-refractivity contribution in [3.8, 4) is 0 Å². The number of Topliss-reactive ketones (excluding diaryl/α,β-unsaturated/α-hetero) is 1. The lowest BCUT2D eigenvalue weighted by atomic mass is 10.1. The minimum absolute atomic E-state index is 0.0681. The van der Waals surface area contributed by atoms with Crippen LogP contribution in [-0.2, 0) is 10.0 Å². The molecule has 1 aliphatic rings. The predicted octanol–water partition coefficient (Wildman–Crippen LogP) is 1.46. The van der Waals surface area contributed by atoms with Gasteiger partial charge in [-0.3, -0.25) is 4.79 Å². The first kappa shape index (κ1) is 16.1. The molecule has 0 N–H and O–H groups in total. The Hall–Kier alpha value is -1.24. The molecule has 0 amide bonds. The summed E-state index contributed by atoms with van der Waals surface area (Å²) in [6.45, 7) is 4.57. The van der Waals surface area contributed by atoms with Gasteiger partial charge in [0.1, 0.15) is 0 Å². The number of hydrogen-bond donors (Lipinski definition) is 0. The van der Waals surface area contributed by atoms with E-state index in [1.807, 2.05) is 14.1 Å². The summed E-state index contributed by atoms with van der Waals surface area (Å²) in [6, 6.07) is 6.40. The van der Waals surface area contributed by atoms with Gasteiger partial charge in [0.2, 0.25) is 10.0 Å². The molecule has 1 aliphatic heterocycles. The van der Waals surface area contributed by atoms with Gasteiger partial charge in [-0.1, -0.05) is 19.1 Å². The topological polar surface area (TPSA) is 57.7 Å². The Balaban J connectivity index is 2.25. The fourth-order valence-corrected chi connectivity index (χ4v) is 4.34. The standard InChI is InChI=1S/C15H22N2O3S/c1-11-9-17(10-15(11)16(3)4)21(19,20)14-7-5-13(6-8-14)12(2)18/h5-8,11,15H,9-10H2,1-4H3. The summed E-state index contributed by atoms with van der Waals surface area (Å²) in [4.78, 5) is 13.6. The van der Waals surface area contributed by atoms with E-state index in [2.05, 4.69) is 11.8 Å². The summed E-state index contributed by atoms with van der Waals surface area (Å²) in [6.07, 6.45) is 0. The number of sulfonamides is 1. The molecule has 0 saturated carbocycles. The maximum atomic E-state index is 12.7. The first-order valence-electron chi connectivity index (χ1n) is 7.01. The second-order valence-corrected chi connectivity index (χ2v) is 7.85. The third-order valence-electron chi connectivity index (χ3n) is 4.10. The predicted molar refractivity (Wildman–Crippen MR) is 81.8 cm³/mol. The van der Waals surface area contributed by atoms with Crippen LogP contribution < -0.4 is 0 Å². The summed E-state index contributed by atoms with van der Waals surface area (Å²) in [5, 5.41) is 0. The van der Waals surface area contributed by atoms with Gasteiger partial charge in [-0.05, 0) is 39.1 Å². The van der Waals surface area contributed by atoms with E-state index in [0.717, 1.165) is 0 Å². The lowest BCUT2D eigenvalue weighted by Crippen LogP contribution is -2.35. The normalized spacial score (nSPS) is 23.7. The van der Waals surface area contributed by atoms with Crippen LogP contribution in [0.4, 0.5) is 0 Å². The smallest absolute Gasteiger partial charge is 0.243 e. The quantitative estimate of drug-likeness (QED) is 0.790. The van der Waals surface area contributed by atoms with E-state index in [9.17, 15) is 13.2 Å². The number of nitrogens with zero attached hydrogens (tertiary/aromatic N) is 2. The average Bonchev–Trinajstić information content (AvgIpc) is 2.82. The first-order valence-corrected chi connectivity index (χ1v) is 8.45. The Morgan fingerprint density at radius 2 is 1.76 bits per heavy atom. The number of rotatable bonds is 4. The Morgan fingerprint density at radius 3 is 2.19 bits per heavy atom. The summed E-state index contributed by atoms with van der Waals surface area (Å²) >= 11 is 0. The van der Waals surface area contributed by atoms with Gasteiger partial charge in [0.25, 0.3) is 0 Å². The van der Waals surface area contributed by atoms with Crippen LogP contribution in [0.5, 0.6) is 0 Å². The maximum Gasteiger partial charge on any atom is 0.243 e. The second kappa shape index (κ2) is 5.87. The van der Waals surface area contributed by atoms with E-state index < -0.39 is 10.0 Å². The van der Waals surface area contributed by atoms with Crippen LogP contribution in [0.15, 0.2) is 29.2 Å². The molecule has 2 unspecified atom stereocenters. The maximum absolute atomic E-state index is 12.7. The van der Waals surface area contributed by atoms with E-state index in [0.29, 0.717) is 24.6 Å². The molecule has 0 aromatic heterocycles. The molecule has 0 radical (unpaired) electrons. The van der Waals surface area contributed by atoms with Crippen molar-refractivity contribution >= 4 is 15.8 Å². The fourth-order valence-electron chi connectivity index (χ4n) is 2.79. The molecule has 2 rings (SSSR count). The Bertz CT molecular complexity index is 623. The van der Waals surface area contributed by atoms with Crippen molar-refractivity contribution in [2.75, 3.05) is 27.2 Å². The monoisotopic (exact) mass is 310 g/mol. The van der Waals surface area contributed by atoms with E-state index in [1.165, 1.54) is 23.4 Å². The van der Waals surface area contributed by atoms with Crippen molar-refractivity contribution in [3.05, 3.63) is 29.8 Å². The van der Waals surface area contributed by atoms with Crippen LogP contribution in [0.25, 0.3) is 0 Å². The molecule has 2 atom stereocenters. The molecular formula is C15H22N2O3S. The molecule has 0 spiro atoms. The Morgan fingerprint density at radius 1 is 1.19 bits per heavy atom. The molecule has 6 heteroatoms. The number of likely N-dealkylation sites (N-methyl/N-ethyl adjacent to an activating group) is 1. The minimum Gasteiger partial charge on any atom is -0.305 e. The molecule has 1 saturated heterocycles. The molecule has 1 aromatic carbocycles. The molecule has 1 fully saturated rings. The highest BCUT2D eigenvalue weighted by Gasteiger charge is 2.38. The van der Waals surface area contributed by atoms with E-state index in [-0.39, 0.29) is 16.7 Å². The zero-order valence-corrected chi connectivity index (χ0v) is 13.7. The Labute approximate surface area is 126 Å². The third-order valence-corrected chi connectivity index (χ3v) is 5.95. The van der Waals surface area contributed by atoms with Crippen molar-refractivity contribution in [1.29, 1.82) is 0 Å². The largest absolute Gasteiger partial charge is 0.305 e. The van der Waals surface area contributed by atoms with Gasteiger partial charge in [0, 0.05) is 24.7 Å². The van der Waals surface area contributed by atoms with Crippen molar-refractivity contribution in [2.24, 2.45) is 5.92 Å². The number of carbonyl (C=O) groups is 1. The van der Waals surface area contributed by atoms with Gasteiger partial charge in [0.15, 0.2) is 5.78 Å². The molecule has 1 aromatic rings. The number of hydrogen-bond acceptors (Lipinski definition) is 4. The first-order chi connectivity index (χ1) is 9.73. The lowest BCUT2D eigenvalue weighted by molar-refractivity contribution is 0.101. The summed E-state index contributed by atoms with van der Waals surface area (Å²) in [7, 11) is 0.457. The summed E-state index contributed by atoms with van der Waals surface area (Å²) < 4.78 is 26.8. The van der Waals surface area contributed by atoms with Crippen molar-refractivity contribution in [3.63, 3.8) is 0 Å². The highest BCUT2D eigenvalue weighted by atomic mass is 32.2. The molecule has 5 nitrogen and oxygen atoms in total. The van der Waals surface area contributed by atoms with E-state index in [4.69, 9.17) is 0 Å². The summed E-state index contributed by atoms with van der Waals surface area (Å²) in [5.41, 5.74) is 0.523. The summed E-state index contributed by atoms with van der Waals surface area (Å²) in [5.74, 6) is 0.229. The van der Waals surface area contributed by atoms with Crippen LogP contribution in [0.1, 0.15) is 24.2 Å². The SMILES string of the molecule is CC(=O)c1ccc(S(=O)(=O)N2CC(C)C(N(C)C)C2)cc1. The van der Waals surface area contributed by atoms with Crippen molar-refractivity contribution in [2.45, 2.75) is 24.8 Å².